The molecule has 4 aliphatic carbocycles. The van der Waals surface area contributed by atoms with Crippen molar-refractivity contribution in [3.63, 3.8) is 0 Å². The van der Waals surface area contributed by atoms with Gasteiger partial charge < -0.3 is 14.9 Å². The first-order valence-corrected chi connectivity index (χ1v) is 11.6. The van der Waals surface area contributed by atoms with E-state index < -0.39 is 5.97 Å². The zero-order chi connectivity index (χ0) is 22.0. The zero-order valence-electron chi connectivity index (χ0n) is 18.3. The Balaban J connectivity index is 1.49. The number of phenolic OH excluding ortho intramolecular Hbond substituents is 2. The van der Waals surface area contributed by atoms with E-state index in [1.165, 1.54) is 45.6 Å². The van der Waals surface area contributed by atoms with Crippen LogP contribution in [0.4, 0.5) is 0 Å². The summed E-state index contributed by atoms with van der Waals surface area (Å²) in [5.74, 6) is 2.17. The number of carbonyl (C=O) groups excluding carboxylic acids is 1. The molecule has 4 fully saturated rings. The van der Waals surface area contributed by atoms with E-state index in [0.717, 1.165) is 45.2 Å². The Hall–Kier alpha value is -3.01. The van der Waals surface area contributed by atoms with Crippen molar-refractivity contribution in [2.75, 3.05) is 7.11 Å². The van der Waals surface area contributed by atoms with Crippen LogP contribution >= 0.6 is 0 Å². The van der Waals surface area contributed by atoms with Gasteiger partial charge in [-0.25, -0.2) is 4.79 Å². The van der Waals surface area contributed by atoms with E-state index in [4.69, 9.17) is 4.74 Å². The number of esters is 1. The number of methoxy groups -OCH3 is 1. The Bertz CT molecular complexity index is 1210. The maximum absolute atomic E-state index is 11.9. The average Bonchev–Trinajstić information content (AvgIpc) is 2.76. The fraction of sp³-hybridized carbons (Fsp3) is 0.393. The molecule has 3 aromatic rings. The highest BCUT2D eigenvalue weighted by Crippen LogP contribution is 2.62. The van der Waals surface area contributed by atoms with Gasteiger partial charge in [0.25, 0.3) is 0 Å². The summed E-state index contributed by atoms with van der Waals surface area (Å²) < 4.78 is 4.75. The van der Waals surface area contributed by atoms with Crippen molar-refractivity contribution in [3.8, 4) is 22.6 Å². The van der Waals surface area contributed by atoms with Gasteiger partial charge in [0.2, 0.25) is 0 Å². The van der Waals surface area contributed by atoms with E-state index in [2.05, 4.69) is 6.07 Å². The van der Waals surface area contributed by atoms with Gasteiger partial charge in [-0.15, -0.1) is 0 Å². The van der Waals surface area contributed by atoms with Crippen LogP contribution in [-0.2, 0) is 10.2 Å². The van der Waals surface area contributed by atoms with Crippen LogP contribution in [0.15, 0.2) is 48.5 Å². The molecule has 0 aromatic heterocycles. The van der Waals surface area contributed by atoms with E-state index in [1.807, 2.05) is 30.3 Å². The van der Waals surface area contributed by atoms with Gasteiger partial charge in [-0.05, 0) is 108 Å². The molecule has 4 nitrogen and oxygen atoms in total. The predicted molar refractivity (Wildman–Crippen MR) is 124 cm³/mol. The van der Waals surface area contributed by atoms with Gasteiger partial charge >= 0.3 is 5.97 Å². The smallest absolute Gasteiger partial charge is 0.341 e. The molecule has 3 aromatic carbocycles. The quantitative estimate of drug-likeness (QED) is 0.490. The highest BCUT2D eigenvalue weighted by molar-refractivity contribution is 5.99. The molecule has 4 heteroatoms. The summed E-state index contributed by atoms with van der Waals surface area (Å²) in [6, 6.07) is 15.2. The number of hydrogen-bond donors (Lipinski definition) is 2. The standard InChI is InChI=1S/C28H28O4/c1-32-27(31)22-6-5-20(10-25(22)29)21-4-2-3-19-11-26(30)24(12-23(19)21)28-13-16-7-17(14-28)9-18(8-16)15-28/h2-6,10-12,16-18,29-30H,7-9,13-15H2,1H3. The lowest BCUT2D eigenvalue weighted by Gasteiger charge is -2.57. The second kappa shape index (κ2) is 6.99. The lowest BCUT2D eigenvalue weighted by molar-refractivity contribution is -0.00606. The molecule has 0 saturated heterocycles. The molecule has 0 heterocycles. The van der Waals surface area contributed by atoms with Gasteiger partial charge in [0.15, 0.2) is 0 Å². The number of ether oxygens (including phenoxy) is 1. The van der Waals surface area contributed by atoms with E-state index >= 15 is 0 Å². The van der Waals surface area contributed by atoms with Crippen molar-refractivity contribution in [2.24, 2.45) is 17.8 Å². The molecular formula is C28H28O4. The van der Waals surface area contributed by atoms with Crippen molar-refractivity contribution in [1.29, 1.82) is 0 Å². The predicted octanol–water partition coefficient (Wildman–Crippen LogP) is 6.17. The highest BCUT2D eigenvalue weighted by Gasteiger charge is 2.52. The fourth-order valence-electron chi connectivity index (χ4n) is 7.41. The molecule has 0 unspecified atom stereocenters. The normalized spacial score (nSPS) is 28.2. The minimum absolute atomic E-state index is 0.0913. The lowest BCUT2D eigenvalue weighted by atomic mass is 9.48. The second-order valence-electron chi connectivity index (χ2n) is 10.3. The third-order valence-corrected chi connectivity index (χ3v) is 8.32. The molecule has 2 N–H and O–H groups in total. The van der Waals surface area contributed by atoms with Gasteiger partial charge in [0.05, 0.1) is 7.11 Å². The van der Waals surface area contributed by atoms with Crippen molar-refractivity contribution >= 4 is 16.7 Å². The number of fused-ring (bicyclic) bond motifs is 1. The molecule has 0 radical (unpaired) electrons. The maximum Gasteiger partial charge on any atom is 0.341 e. The molecule has 4 saturated carbocycles. The van der Waals surface area contributed by atoms with Crippen LogP contribution in [-0.4, -0.2) is 23.3 Å². The van der Waals surface area contributed by atoms with Gasteiger partial charge in [-0.1, -0.05) is 24.3 Å². The van der Waals surface area contributed by atoms with Crippen LogP contribution in [0.3, 0.4) is 0 Å². The molecule has 0 spiro atoms. The molecule has 164 valence electrons. The monoisotopic (exact) mass is 428 g/mol. The minimum atomic E-state index is -0.555. The number of aromatic hydroxyl groups is 2. The molecule has 7 rings (SSSR count). The van der Waals surface area contributed by atoms with Gasteiger partial charge in [-0.3, -0.25) is 0 Å². The van der Waals surface area contributed by atoms with Crippen molar-refractivity contribution < 1.29 is 19.7 Å². The lowest BCUT2D eigenvalue weighted by Crippen LogP contribution is -2.48. The van der Waals surface area contributed by atoms with Crippen molar-refractivity contribution in [2.45, 2.75) is 43.9 Å². The van der Waals surface area contributed by atoms with Gasteiger partial charge in [-0.2, -0.15) is 0 Å². The van der Waals surface area contributed by atoms with Crippen LogP contribution in [0, 0.1) is 17.8 Å². The molecule has 0 aliphatic heterocycles. The Kier molecular flexibility index (Phi) is 4.30. The van der Waals surface area contributed by atoms with Crippen molar-refractivity contribution in [3.05, 3.63) is 59.7 Å². The first-order valence-electron chi connectivity index (χ1n) is 11.6. The van der Waals surface area contributed by atoms with Crippen LogP contribution in [0.1, 0.15) is 54.4 Å². The summed E-state index contributed by atoms with van der Waals surface area (Å²) in [7, 11) is 1.30. The topological polar surface area (TPSA) is 66.8 Å². The van der Waals surface area contributed by atoms with Crippen molar-refractivity contribution in [1.82, 2.24) is 0 Å². The molecule has 0 amide bonds. The van der Waals surface area contributed by atoms with Gasteiger partial charge in [0.1, 0.15) is 17.1 Å². The van der Waals surface area contributed by atoms with E-state index in [-0.39, 0.29) is 16.7 Å². The van der Waals surface area contributed by atoms with Crippen LogP contribution in [0.25, 0.3) is 21.9 Å². The summed E-state index contributed by atoms with van der Waals surface area (Å²) in [4.78, 5) is 11.9. The van der Waals surface area contributed by atoms with Crippen LogP contribution in [0.5, 0.6) is 11.5 Å². The maximum atomic E-state index is 11.9. The molecule has 32 heavy (non-hydrogen) atoms. The van der Waals surface area contributed by atoms with Gasteiger partial charge in [0, 0.05) is 5.56 Å². The highest BCUT2D eigenvalue weighted by atomic mass is 16.5. The SMILES string of the molecule is COC(=O)c1ccc(-c2cccc3cc(O)c(C45CC6CC(CC(C6)C4)C5)cc23)cc1O. The van der Waals surface area contributed by atoms with E-state index in [9.17, 15) is 15.0 Å². The Morgan fingerprint density at radius 2 is 1.59 bits per heavy atom. The Labute approximate surface area is 187 Å². The third-order valence-electron chi connectivity index (χ3n) is 8.32. The summed E-state index contributed by atoms with van der Waals surface area (Å²) in [5.41, 5.74) is 3.18. The number of hydrogen-bond acceptors (Lipinski definition) is 4. The summed E-state index contributed by atoms with van der Waals surface area (Å²) in [6.07, 6.45) is 7.67. The van der Waals surface area contributed by atoms with E-state index in [1.54, 1.807) is 12.1 Å². The Morgan fingerprint density at radius 1 is 0.906 bits per heavy atom. The molecular weight excluding hydrogens is 400 g/mol. The first-order chi connectivity index (χ1) is 15.5. The summed E-state index contributed by atoms with van der Waals surface area (Å²) >= 11 is 0. The fourth-order valence-corrected chi connectivity index (χ4v) is 7.41. The molecule has 0 atom stereocenters. The average molecular weight is 429 g/mol. The minimum Gasteiger partial charge on any atom is -0.508 e. The number of benzene rings is 3. The molecule has 4 aliphatic rings. The number of carbonyl (C=O) groups is 1. The van der Waals surface area contributed by atoms with E-state index in [0.29, 0.717) is 5.75 Å². The zero-order valence-corrected chi connectivity index (χ0v) is 18.3. The third kappa shape index (κ3) is 2.92. The largest absolute Gasteiger partial charge is 0.508 e. The van der Waals surface area contributed by atoms with Crippen LogP contribution < -0.4 is 0 Å². The van der Waals surface area contributed by atoms with Crippen LogP contribution in [0.2, 0.25) is 0 Å². The second-order valence-corrected chi connectivity index (χ2v) is 10.3. The summed E-state index contributed by atoms with van der Waals surface area (Å²) in [6.45, 7) is 0. The number of rotatable bonds is 3. The number of phenols is 2. The molecule has 4 bridgehead atoms. The first kappa shape index (κ1) is 19.7. The Morgan fingerprint density at radius 3 is 2.22 bits per heavy atom. The summed E-state index contributed by atoms with van der Waals surface area (Å²) in [5, 5.41) is 23.6.